The quantitative estimate of drug-likeness (QED) is 0.531. The summed E-state index contributed by atoms with van der Waals surface area (Å²) in [5.41, 5.74) is 6.34. The summed E-state index contributed by atoms with van der Waals surface area (Å²) in [5, 5.41) is 1.29. The zero-order valence-electron chi connectivity index (χ0n) is 14.6. The highest BCUT2D eigenvalue weighted by Crippen LogP contribution is 2.36. The molecule has 1 aromatic heterocycles. The molecule has 0 bridgehead atoms. The first-order valence-corrected chi connectivity index (χ1v) is 8.62. The fourth-order valence-electron chi connectivity index (χ4n) is 3.49. The number of fused-ring (bicyclic) bond motifs is 1. The van der Waals surface area contributed by atoms with Crippen LogP contribution in [0, 0.1) is 0 Å². The maximum absolute atomic E-state index is 3.43. The van der Waals surface area contributed by atoms with Crippen LogP contribution in [0.3, 0.4) is 0 Å². The summed E-state index contributed by atoms with van der Waals surface area (Å²) in [6.45, 7) is 0. The first-order valence-electron chi connectivity index (χ1n) is 8.62. The smallest absolute Gasteiger partial charge is 0.0457 e. The summed E-state index contributed by atoms with van der Waals surface area (Å²) in [6.07, 6.45) is 2.15. The van der Waals surface area contributed by atoms with E-state index in [9.17, 15) is 0 Å². The van der Waals surface area contributed by atoms with Crippen LogP contribution in [0.25, 0.3) is 10.9 Å². The molecule has 0 spiro atoms. The summed E-state index contributed by atoms with van der Waals surface area (Å²) in [6, 6.07) is 28.1. The van der Waals surface area contributed by atoms with Gasteiger partial charge in [-0.3, -0.25) is 0 Å². The van der Waals surface area contributed by atoms with Crippen molar-refractivity contribution in [2.24, 2.45) is 0 Å². The van der Waals surface area contributed by atoms with Gasteiger partial charge in [-0.25, -0.2) is 0 Å². The third-order valence-corrected chi connectivity index (χ3v) is 4.81. The van der Waals surface area contributed by atoms with Gasteiger partial charge in [0.05, 0.1) is 0 Å². The number of aromatic amines is 1. The lowest BCUT2D eigenvalue weighted by molar-refractivity contribution is 0.985. The van der Waals surface area contributed by atoms with E-state index in [0.717, 1.165) is 0 Å². The van der Waals surface area contributed by atoms with Gasteiger partial charge in [-0.1, -0.05) is 60.7 Å². The third kappa shape index (κ3) is 2.91. The number of nitrogens with one attached hydrogen (secondary N) is 1. The summed E-state index contributed by atoms with van der Waals surface area (Å²) in [4.78, 5) is 5.56. The minimum Gasteiger partial charge on any atom is -0.378 e. The second-order valence-electron chi connectivity index (χ2n) is 6.62. The molecule has 1 atom stereocenters. The van der Waals surface area contributed by atoms with E-state index >= 15 is 0 Å². The highest BCUT2D eigenvalue weighted by molar-refractivity contribution is 5.84. The van der Waals surface area contributed by atoms with Crippen LogP contribution in [-0.4, -0.2) is 19.1 Å². The van der Waals surface area contributed by atoms with Crippen molar-refractivity contribution in [2.75, 3.05) is 19.0 Å². The van der Waals surface area contributed by atoms with Gasteiger partial charge in [0.1, 0.15) is 0 Å². The zero-order valence-corrected chi connectivity index (χ0v) is 14.6. The number of benzene rings is 3. The van der Waals surface area contributed by atoms with Gasteiger partial charge in [0, 0.05) is 42.8 Å². The molecule has 4 aromatic rings. The topological polar surface area (TPSA) is 19.0 Å². The van der Waals surface area contributed by atoms with Crippen molar-refractivity contribution in [3.8, 4) is 0 Å². The molecule has 2 nitrogen and oxygen atoms in total. The van der Waals surface area contributed by atoms with Crippen molar-refractivity contribution in [1.82, 2.24) is 4.98 Å². The van der Waals surface area contributed by atoms with Gasteiger partial charge in [0.25, 0.3) is 0 Å². The lowest BCUT2D eigenvalue weighted by atomic mass is 9.85. The number of anilines is 1. The standard InChI is InChI=1S/C23H22N2/c1-25(2)19-14-12-18(13-15-19)23(17-8-4-3-5-9-17)21-16-24-22-11-7-6-10-20(21)22/h3-16,23-24H,1-2H3. The van der Waals surface area contributed by atoms with Crippen LogP contribution in [0.2, 0.25) is 0 Å². The van der Waals surface area contributed by atoms with Gasteiger partial charge in [0.2, 0.25) is 0 Å². The SMILES string of the molecule is CN(C)c1ccc(C(c2ccccc2)c2c[nH]c3ccccc23)cc1. The molecule has 4 rings (SSSR count). The second-order valence-corrected chi connectivity index (χ2v) is 6.62. The van der Waals surface area contributed by atoms with Gasteiger partial charge in [0.15, 0.2) is 0 Å². The lowest BCUT2D eigenvalue weighted by Crippen LogP contribution is -2.09. The summed E-state index contributed by atoms with van der Waals surface area (Å²) in [7, 11) is 4.15. The van der Waals surface area contributed by atoms with E-state index in [1.165, 1.54) is 33.3 Å². The number of rotatable bonds is 4. The first kappa shape index (κ1) is 15.5. The largest absolute Gasteiger partial charge is 0.378 e. The fraction of sp³-hybridized carbons (Fsp3) is 0.130. The van der Waals surface area contributed by atoms with E-state index in [1.807, 2.05) is 0 Å². The fourth-order valence-corrected chi connectivity index (χ4v) is 3.49. The van der Waals surface area contributed by atoms with Crippen LogP contribution < -0.4 is 4.90 Å². The Labute approximate surface area is 148 Å². The molecule has 0 aliphatic heterocycles. The maximum Gasteiger partial charge on any atom is 0.0457 e. The van der Waals surface area contributed by atoms with Crippen molar-refractivity contribution in [3.63, 3.8) is 0 Å². The molecular weight excluding hydrogens is 304 g/mol. The van der Waals surface area contributed by atoms with E-state index in [1.54, 1.807) is 0 Å². The minimum absolute atomic E-state index is 0.216. The molecule has 0 radical (unpaired) electrons. The lowest BCUT2D eigenvalue weighted by Gasteiger charge is -2.20. The summed E-state index contributed by atoms with van der Waals surface area (Å²) in [5.74, 6) is 0.216. The summed E-state index contributed by atoms with van der Waals surface area (Å²) >= 11 is 0. The molecule has 124 valence electrons. The van der Waals surface area contributed by atoms with Crippen molar-refractivity contribution in [3.05, 3.63) is 102 Å². The Morgan fingerprint density at radius 1 is 0.720 bits per heavy atom. The number of aromatic nitrogens is 1. The second kappa shape index (κ2) is 6.48. The van der Waals surface area contributed by atoms with Crippen LogP contribution in [-0.2, 0) is 0 Å². The van der Waals surface area contributed by atoms with Crippen LogP contribution >= 0.6 is 0 Å². The molecular formula is C23H22N2. The first-order chi connectivity index (χ1) is 12.2. The molecule has 25 heavy (non-hydrogen) atoms. The Balaban J connectivity index is 1.88. The maximum atomic E-state index is 3.43. The highest BCUT2D eigenvalue weighted by Gasteiger charge is 2.20. The van der Waals surface area contributed by atoms with E-state index < -0.39 is 0 Å². The molecule has 0 amide bonds. The minimum atomic E-state index is 0.216. The van der Waals surface area contributed by atoms with Gasteiger partial charge in [-0.05, 0) is 34.9 Å². The normalized spacial score (nSPS) is 12.2. The molecule has 3 aromatic carbocycles. The van der Waals surface area contributed by atoms with Crippen molar-refractivity contribution >= 4 is 16.6 Å². The third-order valence-electron chi connectivity index (χ3n) is 4.81. The van der Waals surface area contributed by atoms with Gasteiger partial charge < -0.3 is 9.88 Å². The van der Waals surface area contributed by atoms with E-state index in [2.05, 4.69) is 109 Å². The molecule has 1 heterocycles. The highest BCUT2D eigenvalue weighted by atomic mass is 15.1. The van der Waals surface area contributed by atoms with E-state index in [-0.39, 0.29) is 5.92 Å². The van der Waals surface area contributed by atoms with Crippen LogP contribution in [0.5, 0.6) is 0 Å². The summed E-state index contributed by atoms with van der Waals surface area (Å²) < 4.78 is 0. The number of nitrogens with zero attached hydrogens (tertiary/aromatic N) is 1. The molecule has 0 saturated carbocycles. The number of para-hydroxylation sites is 1. The van der Waals surface area contributed by atoms with E-state index in [4.69, 9.17) is 0 Å². The molecule has 0 aliphatic rings. The van der Waals surface area contributed by atoms with Crippen molar-refractivity contribution in [2.45, 2.75) is 5.92 Å². The van der Waals surface area contributed by atoms with Crippen LogP contribution in [0.15, 0.2) is 85.1 Å². The molecule has 1 N–H and O–H groups in total. The Kier molecular flexibility index (Phi) is 4.02. The van der Waals surface area contributed by atoms with Gasteiger partial charge in [-0.2, -0.15) is 0 Å². The predicted molar refractivity (Wildman–Crippen MR) is 106 cm³/mol. The Morgan fingerprint density at radius 3 is 2.08 bits per heavy atom. The van der Waals surface area contributed by atoms with Crippen molar-refractivity contribution < 1.29 is 0 Å². The molecule has 0 fully saturated rings. The zero-order chi connectivity index (χ0) is 17.2. The van der Waals surface area contributed by atoms with Crippen LogP contribution in [0.4, 0.5) is 5.69 Å². The predicted octanol–water partition coefficient (Wildman–Crippen LogP) is 5.41. The molecule has 0 aliphatic carbocycles. The van der Waals surface area contributed by atoms with Crippen molar-refractivity contribution in [1.29, 1.82) is 0 Å². The van der Waals surface area contributed by atoms with Gasteiger partial charge >= 0.3 is 0 Å². The Bertz CT molecular complexity index is 966. The van der Waals surface area contributed by atoms with Crippen LogP contribution in [0.1, 0.15) is 22.6 Å². The molecule has 1 unspecified atom stereocenters. The Hall–Kier alpha value is -3.00. The number of hydrogen-bond acceptors (Lipinski definition) is 1. The monoisotopic (exact) mass is 326 g/mol. The Morgan fingerprint density at radius 2 is 1.36 bits per heavy atom. The average molecular weight is 326 g/mol. The van der Waals surface area contributed by atoms with Gasteiger partial charge in [-0.15, -0.1) is 0 Å². The van der Waals surface area contributed by atoms with E-state index in [0.29, 0.717) is 0 Å². The number of hydrogen-bond donors (Lipinski definition) is 1. The average Bonchev–Trinajstić information content (AvgIpc) is 3.07. The number of H-pyrrole nitrogens is 1. The molecule has 0 saturated heterocycles. The molecule has 2 heteroatoms.